The molecule has 0 bridgehead atoms. The van der Waals surface area contributed by atoms with E-state index in [1.807, 2.05) is 18.2 Å². The fourth-order valence-corrected chi connectivity index (χ4v) is 2.22. The molecule has 0 aliphatic heterocycles. The Labute approximate surface area is 119 Å². The molecular weight excluding hydrogens is 254 g/mol. The standard InChI is InChI=1S/C16H19NO3/c1-4-17(14-8-6-5-7-12(14)2)11-13-9-10-20-15(13)16(18)19-3/h5-10H,4,11H2,1-3H3. The summed E-state index contributed by atoms with van der Waals surface area (Å²) in [5.41, 5.74) is 3.20. The molecule has 0 atom stereocenters. The number of carbonyl (C=O) groups is 1. The summed E-state index contributed by atoms with van der Waals surface area (Å²) in [5, 5.41) is 0. The van der Waals surface area contributed by atoms with Gasteiger partial charge in [-0.1, -0.05) is 18.2 Å². The number of hydrogen-bond acceptors (Lipinski definition) is 4. The zero-order chi connectivity index (χ0) is 14.5. The third-order valence-electron chi connectivity index (χ3n) is 3.32. The molecule has 1 aromatic heterocycles. The van der Waals surface area contributed by atoms with Crippen molar-refractivity contribution in [3.05, 3.63) is 53.5 Å². The van der Waals surface area contributed by atoms with Crippen LogP contribution in [0, 0.1) is 6.92 Å². The number of esters is 1. The topological polar surface area (TPSA) is 42.7 Å². The van der Waals surface area contributed by atoms with E-state index in [0.717, 1.165) is 17.8 Å². The molecular formula is C16H19NO3. The Morgan fingerprint density at radius 3 is 2.70 bits per heavy atom. The summed E-state index contributed by atoms with van der Waals surface area (Å²) >= 11 is 0. The number of furan rings is 1. The van der Waals surface area contributed by atoms with Crippen LogP contribution in [0.4, 0.5) is 5.69 Å². The van der Waals surface area contributed by atoms with Gasteiger partial charge in [0.2, 0.25) is 5.76 Å². The van der Waals surface area contributed by atoms with Crippen molar-refractivity contribution >= 4 is 11.7 Å². The Bertz CT molecular complexity index is 589. The van der Waals surface area contributed by atoms with Gasteiger partial charge in [-0.2, -0.15) is 0 Å². The number of carbonyl (C=O) groups excluding carboxylic acids is 1. The van der Waals surface area contributed by atoms with E-state index in [1.165, 1.54) is 18.9 Å². The molecule has 1 heterocycles. The fraction of sp³-hybridized carbons (Fsp3) is 0.312. The van der Waals surface area contributed by atoms with Crippen LogP contribution in [0.5, 0.6) is 0 Å². The van der Waals surface area contributed by atoms with Crippen LogP contribution < -0.4 is 4.90 Å². The molecule has 0 aliphatic carbocycles. The Balaban J connectivity index is 2.26. The maximum absolute atomic E-state index is 11.6. The third kappa shape index (κ3) is 2.85. The van der Waals surface area contributed by atoms with Gasteiger partial charge in [-0.15, -0.1) is 0 Å². The molecule has 0 fully saturated rings. The first-order chi connectivity index (χ1) is 9.67. The molecule has 0 amide bonds. The van der Waals surface area contributed by atoms with Crippen molar-refractivity contribution in [3.63, 3.8) is 0 Å². The summed E-state index contributed by atoms with van der Waals surface area (Å²) in [6, 6.07) is 10.0. The highest BCUT2D eigenvalue weighted by atomic mass is 16.5. The number of methoxy groups -OCH3 is 1. The predicted molar refractivity (Wildman–Crippen MR) is 78.0 cm³/mol. The maximum Gasteiger partial charge on any atom is 0.374 e. The highest BCUT2D eigenvalue weighted by Crippen LogP contribution is 2.23. The minimum atomic E-state index is -0.439. The Morgan fingerprint density at radius 2 is 2.05 bits per heavy atom. The number of hydrogen-bond donors (Lipinski definition) is 0. The van der Waals surface area contributed by atoms with Gasteiger partial charge in [0.05, 0.1) is 13.4 Å². The van der Waals surface area contributed by atoms with Gasteiger partial charge in [-0.3, -0.25) is 0 Å². The second-order valence-electron chi connectivity index (χ2n) is 4.57. The van der Waals surface area contributed by atoms with Crippen LogP contribution >= 0.6 is 0 Å². The molecule has 0 radical (unpaired) electrons. The van der Waals surface area contributed by atoms with Crippen LogP contribution in [-0.2, 0) is 11.3 Å². The number of aryl methyl sites for hydroxylation is 1. The zero-order valence-corrected chi connectivity index (χ0v) is 12.1. The first-order valence-corrected chi connectivity index (χ1v) is 6.62. The van der Waals surface area contributed by atoms with Crippen molar-refractivity contribution in [3.8, 4) is 0 Å². The predicted octanol–water partition coefficient (Wildman–Crippen LogP) is 3.40. The molecule has 2 aromatic rings. The molecule has 0 saturated carbocycles. The van der Waals surface area contributed by atoms with Gasteiger partial charge in [0, 0.05) is 24.3 Å². The monoisotopic (exact) mass is 273 g/mol. The van der Waals surface area contributed by atoms with Crippen LogP contribution in [0.2, 0.25) is 0 Å². The van der Waals surface area contributed by atoms with Crippen molar-refractivity contribution in [2.45, 2.75) is 20.4 Å². The molecule has 2 rings (SSSR count). The summed E-state index contributed by atoms with van der Waals surface area (Å²) in [5.74, 6) is -0.162. The molecule has 0 saturated heterocycles. The summed E-state index contributed by atoms with van der Waals surface area (Å²) in [6.45, 7) is 5.62. The van der Waals surface area contributed by atoms with E-state index in [9.17, 15) is 4.79 Å². The van der Waals surface area contributed by atoms with Gasteiger partial charge < -0.3 is 14.1 Å². The minimum Gasteiger partial charge on any atom is -0.463 e. The number of benzene rings is 1. The normalized spacial score (nSPS) is 10.3. The second kappa shape index (κ2) is 6.28. The lowest BCUT2D eigenvalue weighted by Crippen LogP contribution is -2.23. The van der Waals surface area contributed by atoms with Crippen LogP contribution in [-0.4, -0.2) is 19.6 Å². The fourth-order valence-electron chi connectivity index (χ4n) is 2.22. The second-order valence-corrected chi connectivity index (χ2v) is 4.57. The molecule has 0 N–H and O–H groups in total. The SMILES string of the molecule is CCN(Cc1ccoc1C(=O)OC)c1ccccc1C. The Kier molecular flexibility index (Phi) is 4.45. The summed E-state index contributed by atoms with van der Waals surface area (Å²) in [7, 11) is 1.35. The van der Waals surface area contributed by atoms with Crippen molar-refractivity contribution in [1.82, 2.24) is 0 Å². The molecule has 20 heavy (non-hydrogen) atoms. The highest BCUT2D eigenvalue weighted by molar-refractivity contribution is 5.88. The molecule has 4 heteroatoms. The van der Waals surface area contributed by atoms with Gasteiger partial charge in [0.15, 0.2) is 0 Å². The van der Waals surface area contributed by atoms with Crippen molar-refractivity contribution in [2.24, 2.45) is 0 Å². The van der Waals surface area contributed by atoms with Crippen LogP contribution in [0.1, 0.15) is 28.6 Å². The van der Waals surface area contributed by atoms with Crippen LogP contribution in [0.25, 0.3) is 0 Å². The smallest absolute Gasteiger partial charge is 0.374 e. The van der Waals surface area contributed by atoms with E-state index in [4.69, 9.17) is 9.15 Å². The number of para-hydroxylation sites is 1. The Hall–Kier alpha value is -2.23. The third-order valence-corrected chi connectivity index (χ3v) is 3.32. The highest BCUT2D eigenvalue weighted by Gasteiger charge is 2.18. The first kappa shape index (κ1) is 14.2. The molecule has 106 valence electrons. The van der Waals surface area contributed by atoms with E-state index in [1.54, 1.807) is 0 Å². The molecule has 0 unspecified atom stereocenters. The number of anilines is 1. The van der Waals surface area contributed by atoms with E-state index in [0.29, 0.717) is 6.54 Å². The lowest BCUT2D eigenvalue weighted by Gasteiger charge is -2.24. The largest absolute Gasteiger partial charge is 0.463 e. The van der Waals surface area contributed by atoms with Crippen LogP contribution in [0.3, 0.4) is 0 Å². The minimum absolute atomic E-state index is 0.277. The van der Waals surface area contributed by atoms with Gasteiger partial charge in [0.25, 0.3) is 0 Å². The molecule has 4 nitrogen and oxygen atoms in total. The lowest BCUT2D eigenvalue weighted by atomic mass is 10.1. The van der Waals surface area contributed by atoms with E-state index < -0.39 is 5.97 Å². The van der Waals surface area contributed by atoms with Gasteiger partial charge in [-0.25, -0.2) is 4.79 Å². The average molecular weight is 273 g/mol. The lowest BCUT2D eigenvalue weighted by molar-refractivity contribution is 0.0563. The number of rotatable bonds is 5. The van der Waals surface area contributed by atoms with Crippen molar-refractivity contribution < 1.29 is 13.9 Å². The van der Waals surface area contributed by atoms with Gasteiger partial charge in [-0.05, 0) is 31.5 Å². The number of ether oxygens (including phenoxy) is 1. The summed E-state index contributed by atoms with van der Waals surface area (Å²) < 4.78 is 9.96. The maximum atomic E-state index is 11.6. The van der Waals surface area contributed by atoms with Crippen molar-refractivity contribution in [2.75, 3.05) is 18.6 Å². The van der Waals surface area contributed by atoms with Gasteiger partial charge >= 0.3 is 5.97 Å². The first-order valence-electron chi connectivity index (χ1n) is 6.62. The molecule has 0 spiro atoms. The van der Waals surface area contributed by atoms with E-state index >= 15 is 0 Å². The average Bonchev–Trinajstić information content (AvgIpc) is 2.93. The van der Waals surface area contributed by atoms with E-state index in [-0.39, 0.29) is 5.76 Å². The van der Waals surface area contributed by atoms with E-state index in [2.05, 4.69) is 30.9 Å². The Morgan fingerprint density at radius 1 is 1.30 bits per heavy atom. The number of nitrogens with zero attached hydrogens (tertiary/aromatic N) is 1. The van der Waals surface area contributed by atoms with Crippen LogP contribution in [0.15, 0.2) is 41.0 Å². The quantitative estimate of drug-likeness (QED) is 0.783. The molecule has 0 aliphatic rings. The van der Waals surface area contributed by atoms with Crippen molar-refractivity contribution in [1.29, 1.82) is 0 Å². The van der Waals surface area contributed by atoms with Gasteiger partial charge in [0.1, 0.15) is 0 Å². The summed E-state index contributed by atoms with van der Waals surface area (Å²) in [4.78, 5) is 13.8. The molecule has 1 aromatic carbocycles. The zero-order valence-electron chi connectivity index (χ0n) is 12.1. The summed E-state index contributed by atoms with van der Waals surface area (Å²) in [6.07, 6.45) is 1.52.